The summed E-state index contributed by atoms with van der Waals surface area (Å²) in [6.45, 7) is 2.50. The molecule has 1 fully saturated rings. The van der Waals surface area contributed by atoms with Crippen LogP contribution in [0.4, 0.5) is 11.4 Å². The molecule has 0 bridgehead atoms. The largest absolute Gasteiger partial charge is 0.326 e. The third-order valence-corrected chi connectivity index (χ3v) is 4.80. The number of hydrogen-bond donors (Lipinski definition) is 1. The van der Waals surface area contributed by atoms with E-state index < -0.39 is 0 Å². The molecule has 124 valence electrons. The molecule has 0 aliphatic carbocycles. The van der Waals surface area contributed by atoms with Crippen molar-refractivity contribution in [1.29, 1.82) is 0 Å². The predicted molar refractivity (Wildman–Crippen MR) is 99.1 cm³/mol. The first-order valence-corrected chi connectivity index (χ1v) is 8.82. The minimum atomic E-state index is -0.328. The molecule has 24 heavy (non-hydrogen) atoms. The molecule has 1 N–H and O–H groups in total. The number of hydrogen-bond acceptors (Lipinski definition) is 2. The molecule has 0 radical (unpaired) electrons. The van der Waals surface area contributed by atoms with Crippen LogP contribution < -0.4 is 10.2 Å². The van der Waals surface area contributed by atoms with Crippen LogP contribution in [0.15, 0.2) is 53.0 Å². The number of carbonyl (C=O) groups excluding carboxylic acids is 2. The number of anilines is 2. The lowest BCUT2D eigenvalue weighted by molar-refractivity contribution is -0.122. The van der Waals surface area contributed by atoms with Crippen LogP contribution in [0.3, 0.4) is 0 Å². The number of halogens is 1. The number of nitrogens with one attached hydrogen (secondary N) is 1. The van der Waals surface area contributed by atoms with E-state index in [1.54, 1.807) is 4.90 Å². The normalized spacial score (nSPS) is 17.2. The summed E-state index contributed by atoms with van der Waals surface area (Å²) in [5.74, 6) is -0.430. The first-order valence-electron chi connectivity index (χ1n) is 8.03. The van der Waals surface area contributed by atoms with E-state index in [0.29, 0.717) is 6.54 Å². The molecule has 0 unspecified atom stereocenters. The van der Waals surface area contributed by atoms with Crippen molar-refractivity contribution >= 4 is 39.1 Å². The molecule has 0 saturated carbocycles. The Labute approximate surface area is 150 Å². The Bertz CT molecular complexity index is 758. The maximum absolute atomic E-state index is 12.5. The van der Waals surface area contributed by atoms with Gasteiger partial charge in [-0.2, -0.15) is 0 Å². The molecule has 5 heteroatoms. The van der Waals surface area contributed by atoms with Gasteiger partial charge in [0.2, 0.25) is 11.8 Å². The van der Waals surface area contributed by atoms with Crippen molar-refractivity contribution in [2.24, 2.45) is 5.92 Å². The van der Waals surface area contributed by atoms with Crippen molar-refractivity contribution in [3.8, 4) is 0 Å². The van der Waals surface area contributed by atoms with Crippen molar-refractivity contribution < 1.29 is 9.59 Å². The van der Waals surface area contributed by atoms with Gasteiger partial charge < -0.3 is 10.2 Å². The Morgan fingerprint density at radius 2 is 1.92 bits per heavy atom. The standard InChI is InChI=1S/C19H19BrN2O2/c1-2-13-5-3-4-6-17(13)22-12-14(11-18(22)23)19(24)21-16-9-7-15(20)8-10-16/h3-10,14H,2,11-12H2,1H3,(H,21,24)/t14-/m1/s1. The van der Waals surface area contributed by atoms with Crippen LogP contribution in [0.25, 0.3) is 0 Å². The summed E-state index contributed by atoms with van der Waals surface area (Å²) >= 11 is 3.37. The summed E-state index contributed by atoms with van der Waals surface area (Å²) in [4.78, 5) is 26.6. The number of benzene rings is 2. The van der Waals surface area contributed by atoms with Crippen LogP contribution >= 0.6 is 15.9 Å². The van der Waals surface area contributed by atoms with E-state index >= 15 is 0 Å². The topological polar surface area (TPSA) is 49.4 Å². The van der Waals surface area contributed by atoms with Crippen LogP contribution in [0.5, 0.6) is 0 Å². The monoisotopic (exact) mass is 386 g/mol. The van der Waals surface area contributed by atoms with Crippen LogP contribution in [-0.4, -0.2) is 18.4 Å². The van der Waals surface area contributed by atoms with Crippen molar-refractivity contribution in [1.82, 2.24) is 0 Å². The van der Waals surface area contributed by atoms with Gasteiger partial charge in [0.1, 0.15) is 0 Å². The Morgan fingerprint density at radius 1 is 1.21 bits per heavy atom. The molecule has 1 aliphatic rings. The van der Waals surface area contributed by atoms with Crippen LogP contribution in [0.1, 0.15) is 18.9 Å². The van der Waals surface area contributed by atoms with Crippen molar-refractivity contribution in [3.05, 3.63) is 58.6 Å². The van der Waals surface area contributed by atoms with Gasteiger partial charge in [0, 0.05) is 28.8 Å². The van der Waals surface area contributed by atoms with Crippen LogP contribution in [0, 0.1) is 5.92 Å². The number of amides is 2. The van der Waals surface area contributed by atoms with Gasteiger partial charge in [-0.3, -0.25) is 9.59 Å². The zero-order valence-electron chi connectivity index (χ0n) is 13.5. The molecule has 1 heterocycles. The highest BCUT2D eigenvalue weighted by Crippen LogP contribution is 2.29. The SMILES string of the molecule is CCc1ccccc1N1C[C@H](C(=O)Nc2ccc(Br)cc2)CC1=O. The van der Waals surface area contributed by atoms with Gasteiger partial charge in [0.15, 0.2) is 0 Å². The second-order valence-electron chi connectivity index (χ2n) is 5.88. The molecule has 4 nitrogen and oxygen atoms in total. The number of nitrogens with zero attached hydrogens (tertiary/aromatic N) is 1. The van der Waals surface area contributed by atoms with Gasteiger partial charge in [-0.25, -0.2) is 0 Å². The highest BCUT2D eigenvalue weighted by Gasteiger charge is 2.35. The molecule has 0 aromatic heterocycles. The fourth-order valence-electron chi connectivity index (χ4n) is 2.97. The smallest absolute Gasteiger partial charge is 0.229 e. The van der Waals surface area contributed by atoms with Gasteiger partial charge in [-0.05, 0) is 42.3 Å². The first-order chi connectivity index (χ1) is 11.6. The molecule has 0 spiro atoms. The molecular weight excluding hydrogens is 368 g/mol. The first kappa shape index (κ1) is 16.7. The third kappa shape index (κ3) is 3.51. The number of rotatable bonds is 4. The molecule has 3 rings (SSSR count). The molecule has 1 atom stereocenters. The zero-order valence-corrected chi connectivity index (χ0v) is 15.0. The van der Waals surface area contributed by atoms with Gasteiger partial charge in [0.05, 0.1) is 5.92 Å². The van der Waals surface area contributed by atoms with Crippen molar-refractivity contribution in [2.75, 3.05) is 16.8 Å². The minimum absolute atomic E-state index is 0.00635. The van der Waals surface area contributed by atoms with Gasteiger partial charge in [0.25, 0.3) is 0 Å². The average Bonchev–Trinajstić information content (AvgIpc) is 2.98. The van der Waals surface area contributed by atoms with E-state index in [4.69, 9.17) is 0 Å². The third-order valence-electron chi connectivity index (χ3n) is 4.27. The Kier molecular flexibility index (Phi) is 5.00. The molecule has 2 aromatic carbocycles. The lowest BCUT2D eigenvalue weighted by atomic mass is 10.1. The highest BCUT2D eigenvalue weighted by atomic mass is 79.9. The van der Waals surface area contributed by atoms with E-state index in [0.717, 1.165) is 27.8 Å². The Hall–Kier alpha value is -2.14. The highest BCUT2D eigenvalue weighted by molar-refractivity contribution is 9.10. The van der Waals surface area contributed by atoms with E-state index in [1.807, 2.05) is 48.5 Å². The molecule has 2 aromatic rings. The van der Waals surface area contributed by atoms with E-state index in [2.05, 4.69) is 28.2 Å². The van der Waals surface area contributed by atoms with Gasteiger partial charge >= 0.3 is 0 Å². The average molecular weight is 387 g/mol. The Morgan fingerprint density at radius 3 is 2.62 bits per heavy atom. The lowest BCUT2D eigenvalue weighted by Crippen LogP contribution is -2.28. The Balaban J connectivity index is 1.72. The second-order valence-corrected chi connectivity index (χ2v) is 6.80. The number of aryl methyl sites for hydroxylation is 1. The van der Waals surface area contributed by atoms with E-state index in [9.17, 15) is 9.59 Å². The summed E-state index contributed by atoms with van der Waals surface area (Å²) in [5.41, 5.74) is 2.78. The predicted octanol–water partition coefficient (Wildman–Crippen LogP) is 4.00. The second kappa shape index (κ2) is 7.18. The zero-order chi connectivity index (χ0) is 17.1. The summed E-state index contributed by atoms with van der Waals surface area (Å²) in [6.07, 6.45) is 1.11. The van der Waals surface area contributed by atoms with Crippen molar-refractivity contribution in [3.63, 3.8) is 0 Å². The van der Waals surface area contributed by atoms with Crippen LogP contribution in [0.2, 0.25) is 0 Å². The van der Waals surface area contributed by atoms with Crippen LogP contribution in [-0.2, 0) is 16.0 Å². The summed E-state index contributed by atoms with van der Waals surface area (Å²) in [6, 6.07) is 15.3. The molecular formula is C19H19BrN2O2. The molecule has 1 aliphatic heterocycles. The quantitative estimate of drug-likeness (QED) is 0.862. The number of para-hydroxylation sites is 1. The maximum atomic E-state index is 12.5. The fraction of sp³-hybridized carbons (Fsp3) is 0.263. The molecule has 1 saturated heterocycles. The number of carbonyl (C=O) groups is 2. The fourth-order valence-corrected chi connectivity index (χ4v) is 3.23. The maximum Gasteiger partial charge on any atom is 0.229 e. The van der Waals surface area contributed by atoms with E-state index in [-0.39, 0.29) is 24.2 Å². The summed E-state index contributed by atoms with van der Waals surface area (Å²) in [7, 11) is 0. The minimum Gasteiger partial charge on any atom is -0.326 e. The lowest BCUT2D eigenvalue weighted by Gasteiger charge is -2.20. The van der Waals surface area contributed by atoms with Crippen molar-refractivity contribution in [2.45, 2.75) is 19.8 Å². The van der Waals surface area contributed by atoms with Gasteiger partial charge in [-0.15, -0.1) is 0 Å². The van der Waals surface area contributed by atoms with E-state index in [1.165, 1.54) is 0 Å². The summed E-state index contributed by atoms with van der Waals surface area (Å²) < 4.78 is 0.957. The van der Waals surface area contributed by atoms with Gasteiger partial charge in [-0.1, -0.05) is 41.1 Å². The molecule has 2 amide bonds. The summed E-state index contributed by atoms with van der Waals surface area (Å²) in [5, 5.41) is 2.89.